The molecule has 8 nitrogen and oxygen atoms in total. The summed E-state index contributed by atoms with van der Waals surface area (Å²) in [7, 11) is 0. The summed E-state index contributed by atoms with van der Waals surface area (Å²) in [6, 6.07) is 0. The van der Waals surface area contributed by atoms with E-state index in [0.29, 0.717) is 18.3 Å². The Bertz CT molecular complexity index is 1130. The lowest BCUT2D eigenvalue weighted by Crippen LogP contribution is -2.60. The molecule has 42 heavy (non-hydrogen) atoms. The number of aliphatic hydroxyl groups is 2. The molecule has 0 radical (unpaired) electrons. The van der Waals surface area contributed by atoms with Gasteiger partial charge >= 0.3 is 11.9 Å². The van der Waals surface area contributed by atoms with E-state index in [1.807, 2.05) is 0 Å². The molecule has 1 saturated heterocycles. The van der Waals surface area contributed by atoms with E-state index in [4.69, 9.17) is 19.9 Å². The number of esters is 2. The summed E-state index contributed by atoms with van der Waals surface area (Å²) in [5, 5.41) is 23.4. The molecule has 1 heterocycles. The van der Waals surface area contributed by atoms with Crippen LogP contribution in [0.3, 0.4) is 0 Å². The van der Waals surface area contributed by atoms with Crippen molar-refractivity contribution in [3.8, 4) is 0 Å². The predicted octanol–water partition coefficient (Wildman–Crippen LogP) is 4.37. The van der Waals surface area contributed by atoms with Crippen molar-refractivity contribution in [3.05, 3.63) is 0 Å². The fraction of sp³-hybridized carbons (Fsp3) is 0.941. The van der Waals surface area contributed by atoms with Gasteiger partial charge in [0.2, 0.25) is 0 Å². The maximum Gasteiger partial charge on any atom is 0.319 e. The van der Waals surface area contributed by atoms with Gasteiger partial charge in [0.05, 0.1) is 30.5 Å². The highest BCUT2D eigenvalue weighted by atomic mass is 16.6. The van der Waals surface area contributed by atoms with Crippen molar-refractivity contribution >= 4 is 11.9 Å². The summed E-state index contributed by atoms with van der Waals surface area (Å²) in [6.07, 6.45) is 5.84. The second-order valence-electron chi connectivity index (χ2n) is 16.9. The van der Waals surface area contributed by atoms with Gasteiger partial charge in [0.1, 0.15) is 6.10 Å². The molecule has 5 saturated carbocycles. The number of carbonyl (C=O) groups excluding carboxylic acids is 2. The van der Waals surface area contributed by atoms with Gasteiger partial charge in [0.15, 0.2) is 6.10 Å². The highest BCUT2D eigenvalue weighted by Crippen LogP contribution is 2.89. The van der Waals surface area contributed by atoms with Gasteiger partial charge in [0.25, 0.3) is 0 Å². The molecule has 2 spiro atoms. The third kappa shape index (κ3) is 3.79. The topological polar surface area (TPSA) is 128 Å². The van der Waals surface area contributed by atoms with Crippen molar-refractivity contribution in [3.63, 3.8) is 0 Å². The number of fused-ring (bicyclic) bond motifs is 4. The summed E-state index contributed by atoms with van der Waals surface area (Å²) in [5.74, 6) is 0.575. The number of nitrogens with two attached hydrogens (primary N) is 1. The Morgan fingerprint density at radius 3 is 2.31 bits per heavy atom. The standard InChI is InChI=1S/C34H55NO7/c1-18-15-20(28(30(5,6)39)40-19(2)36)41-26-25(18)31(7)13-14-34-17-33(34)12-11-23(42-24(37)16-35)29(3,4)21(33)9-10-22(34)32(31,8)27(26)38/h18,20-23,25-28,38-39H,9-17,35H2,1-8H3/t18-,20?,21+,22+,23+,25?,26?,27+,28+,31-,32-,33-,34?/m1/s1. The maximum atomic E-state index is 12.4. The van der Waals surface area contributed by atoms with Crippen LogP contribution < -0.4 is 5.73 Å². The summed E-state index contributed by atoms with van der Waals surface area (Å²) in [5.41, 5.74) is 4.27. The molecule has 6 aliphatic rings. The Morgan fingerprint density at radius 2 is 1.69 bits per heavy atom. The van der Waals surface area contributed by atoms with Crippen molar-refractivity contribution in [1.82, 2.24) is 0 Å². The van der Waals surface area contributed by atoms with Crippen LogP contribution in [0.5, 0.6) is 0 Å². The fourth-order valence-electron chi connectivity index (χ4n) is 12.8. The van der Waals surface area contributed by atoms with Crippen LogP contribution in [0.2, 0.25) is 0 Å². The number of hydrogen-bond donors (Lipinski definition) is 3. The largest absolute Gasteiger partial charge is 0.461 e. The molecule has 6 rings (SSSR count). The third-order valence-corrected chi connectivity index (χ3v) is 14.5. The Kier molecular flexibility index (Phi) is 6.89. The zero-order chi connectivity index (χ0) is 30.8. The van der Waals surface area contributed by atoms with Crippen molar-refractivity contribution in [2.75, 3.05) is 6.54 Å². The van der Waals surface area contributed by atoms with E-state index in [1.54, 1.807) is 13.8 Å². The van der Waals surface area contributed by atoms with Crippen molar-refractivity contribution in [2.45, 2.75) is 143 Å². The first-order chi connectivity index (χ1) is 19.4. The first kappa shape index (κ1) is 30.8. The van der Waals surface area contributed by atoms with Gasteiger partial charge in [-0.1, -0.05) is 34.6 Å². The molecule has 4 unspecified atom stereocenters. The minimum absolute atomic E-state index is 0.0790. The van der Waals surface area contributed by atoms with Gasteiger partial charge < -0.3 is 30.2 Å². The van der Waals surface area contributed by atoms with Crippen molar-refractivity contribution in [1.29, 1.82) is 0 Å². The van der Waals surface area contributed by atoms with Crippen LogP contribution in [0.1, 0.15) is 107 Å². The van der Waals surface area contributed by atoms with E-state index in [0.717, 1.165) is 32.1 Å². The molecule has 0 aromatic rings. The van der Waals surface area contributed by atoms with Gasteiger partial charge in [0, 0.05) is 17.8 Å². The number of aliphatic hydroxyl groups excluding tert-OH is 1. The molecule has 5 aliphatic carbocycles. The molecule has 13 atom stereocenters. The molecule has 8 heteroatoms. The average Bonchev–Trinajstić information content (AvgIpc) is 3.52. The summed E-state index contributed by atoms with van der Waals surface area (Å²) < 4.78 is 18.3. The number of ether oxygens (including phenoxy) is 3. The van der Waals surface area contributed by atoms with Crippen LogP contribution in [0.25, 0.3) is 0 Å². The lowest BCUT2D eigenvalue weighted by Gasteiger charge is -2.63. The Labute approximate surface area is 251 Å². The summed E-state index contributed by atoms with van der Waals surface area (Å²) in [6.45, 7) is 16.2. The Morgan fingerprint density at radius 1 is 1.05 bits per heavy atom. The third-order valence-electron chi connectivity index (χ3n) is 14.5. The van der Waals surface area contributed by atoms with Crippen molar-refractivity contribution < 1.29 is 34.0 Å². The minimum Gasteiger partial charge on any atom is -0.461 e. The highest BCUT2D eigenvalue weighted by molar-refractivity contribution is 5.71. The monoisotopic (exact) mass is 589 g/mol. The van der Waals surface area contributed by atoms with Gasteiger partial charge in [-0.25, -0.2) is 0 Å². The normalized spacial score (nSPS) is 51.1. The number of hydrogen-bond acceptors (Lipinski definition) is 8. The average molecular weight is 590 g/mol. The van der Waals surface area contributed by atoms with Crippen LogP contribution in [-0.4, -0.2) is 64.8 Å². The first-order valence-corrected chi connectivity index (χ1v) is 16.5. The van der Waals surface area contributed by atoms with E-state index in [2.05, 4.69) is 34.6 Å². The van der Waals surface area contributed by atoms with Gasteiger partial charge in [-0.2, -0.15) is 0 Å². The molecular formula is C34H55NO7. The number of rotatable bonds is 5. The van der Waals surface area contributed by atoms with Gasteiger partial charge in [-0.3, -0.25) is 9.59 Å². The van der Waals surface area contributed by atoms with E-state index in [1.165, 1.54) is 19.8 Å². The molecule has 0 bridgehead atoms. The van der Waals surface area contributed by atoms with Crippen molar-refractivity contribution in [2.24, 2.45) is 56.5 Å². The second-order valence-corrected chi connectivity index (χ2v) is 16.9. The number of carbonyl (C=O) groups is 2. The van der Waals surface area contributed by atoms with E-state index in [-0.39, 0.29) is 63.6 Å². The molecule has 0 amide bonds. The first-order valence-electron chi connectivity index (χ1n) is 16.5. The van der Waals surface area contributed by atoms with Gasteiger partial charge in [-0.05, 0) is 105 Å². The summed E-state index contributed by atoms with van der Waals surface area (Å²) >= 11 is 0. The van der Waals surface area contributed by atoms with Crippen LogP contribution in [-0.2, 0) is 23.8 Å². The Hall–Kier alpha value is -1.22. The molecular weight excluding hydrogens is 534 g/mol. The maximum absolute atomic E-state index is 12.4. The minimum atomic E-state index is -1.26. The van der Waals surface area contributed by atoms with Crippen LogP contribution >= 0.6 is 0 Å². The van der Waals surface area contributed by atoms with E-state index in [9.17, 15) is 19.8 Å². The lowest BCUT2D eigenvalue weighted by atomic mass is 9.41. The molecule has 0 aromatic heterocycles. The molecule has 0 aromatic carbocycles. The predicted molar refractivity (Wildman–Crippen MR) is 157 cm³/mol. The second kappa shape index (κ2) is 9.40. The van der Waals surface area contributed by atoms with E-state index < -0.39 is 29.9 Å². The zero-order valence-corrected chi connectivity index (χ0v) is 27.1. The zero-order valence-electron chi connectivity index (χ0n) is 27.1. The molecule has 4 N–H and O–H groups in total. The lowest BCUT2D eigenvalue weighted by molar-refractivity contribution is -0.216. The molecule has 1 aliphatic heterocycles. The Balaban J connectivity index is 1.31. The fourth-order valence-corrected chi connectivity index (χ4v) is 12.8. The molecule has 6 fully saturated rings. The van der Waals surface area contributed by atoms with Crippen LogP contribution in [0.4, 0.5) is 0 Å². The summed E-state index contributed by atoms with van der Waals surface area (Å²) in [4.78, 5) is 24.2. The smallest absolute Gasteiger partial charge is 0.319 e. The highest BCUT2D eigenvalue weighted by Gasteiger charge is 2.84. The molecule has 238 valence electrons. The van der Waals surface area contributed by atoms with E-state index >= 15 is 0 Å². The van der Waals surface area contributed by atoms with Gasteiger partial charge in [-0.15, -0.1) is 0 Å². The quantitative estimate of drug-likeness (QED) is 0.403. The van der Waals surface area contributed by atoms with Crippen LogP contribution in [0.15, 0.2) is 0 Å². The SMILES string of the molecule is CC(=O)O[C@@H](C1C[C@@H](C)C2C(O1)[C@H](O)[C@@]1(C)[C@@H]3CC[C@H]4C(C)(C)[C@@H](OC(=O)CN)CC[C@@]45CC35CC[C@]21C)C(C)(C)O. The van der Waals surface area contributed by atoms with Crippen LogP contribution in [0, 0.1) is 50.7 Å².